The second-order valence-electron chi connectivity index (χ2n) is 5.22. The van der Waals surface area contributed by atoms with Gasteiger partial charge in [-0.15, -0.1) is 0 Å². The zero-order valence-corrected chi connectivity index (χ0v) is 10.3. The molecular weight excluding hydrogens is 210 g/mol. The van der Waals surface area contributed by atoms with Crippen molar-refractivity contribution in [3.63, 3.8) is 0 Å². The third kappa shape index (κ3) is 2.53. The van der Waals surface area contributed by atoms with Crippen LogP contribution in [0.15, 0.2) is 30.3 Å². The molecule has 0 amide bonds. The van der Waals surface area contributed by atoms with Crippen molar-refractivity contribution < 1.29 is 4.74 Å². The minimum Gasteiger partial charge on any atom is -0.361 e. The first-order valence-corrected chi connectivity index (χ1v) is 6.85. The second kappa shape index (κ2) is 5.19. The SMILES string of the molecule is c1ccc(C[C@@H]2COC3CCCCCN32)cc1. The number of ether oxygens (including phenoxy) is 1. The van der Waals surface area contributed by atoms with Gasteiger partial charge in [-0.1, -0.05) is 36.8 Å². The quantitative estimate of drug-likeness (QED) is 0.776. The van der Waals surface area contributed by atoms with Gasteiger partial charge in [-0.3, -0.25) is 4.90 Å². The van der Waals surface area contributed by atoms with Gasteiger partial charge in [0.25, 0.3) is 0 Å². The monoisotopic (exact) mass is 231 g/mol. The Kier molecular flexibility index (Phi) is 3.44. The van der Waals surface area contributed by atoms with E-state index < -0.39 is 0 Å². The number of benzene rings is 1. The molecule has 0 aromatic heterocycles. The molecule has 2 aliphatic rings. The van der Waals surface area contributed by atoms with Crippen molar-refractivity contribution in [1.82, 2.24) is 4.90 Å². The molecule has 17 heavy (non-hydrogen) atoms. The van der Waals surface area contributed by atoms with Crippen LogP contribution in [-0.2, 0) is 11.2 Å². The van der Waals surface area contributed by atoms with E-state index in [1.807, 2.05) is 0 Å². The molecule has 0 radical (unpaired) electrons. The van der Waals surface area contributed by atoms with Crippen molar-refractivity contribution in [2.24, 2.45) is 0 Å². The lowest BCUT2D eigenvalue weighted by Gasteiger charge is -2.25. The van der Waals surface area contributed by atoms with Crippen LogP contribution < -0.4 is 0 Å². The van der Waals surface area contributed by atoms with E-state index in [1.165, 1.54) is 37.8 Å². The fourth-order valence-corrected chi connectivity index (χ4v) is 3.08. The van der Waals surface area contributed by atoms with Crippen LogP contribution in [-0.4, -0.2) is 30.3 Å². The van der Waals surface area contributed by atoms with Crippen LogP contribution in [0.25, 0.3) is 0 Å². The first-order chi connectivity index (χ1) is 8.43. The average Bonchev–Trinajstić information content (AvgIpc) is 2.61. The number of hydrogen-bond acceptors (Lipinski definition) is 2. The van der Waals surface area contributed by atoms with Gasteiger partial charge in [0, 0.05) is 12.6 Å². The third-order valence-corrected chi connectivity index (χ3v) is 4.00. The van der Waals surface area contributed by atoms with Crippen LogP contribution in [0.4, 0.5) is 0 Å². The van der Waals surface area contributed by atoms with Gasteiger partial charge in [0.15, 0.2) is 0 Å². The van der Waals surface area contributed by atoms with E-state index in [0.29, 0.717) is 12.3 Å². The molecule has 2 fully saturated rings. The summed E-state index contributed by atoms with van der Waals surface area (Å²) in [7, 11) is 0. The fourth-order valence-electron chi connectivity index (χ4n) is 3.08. The molecule has 2 heterocycles. The van der Waals surface area contributed by atoms with E-state index >= 15 is 0 Å². The minimum atomic E-state index is 0.409. The Labute approximate surface area is 104 Å². The van der Waals surface area contributed by atoms with Crippen LogP contribution in [0.3, 0.4) is 0 Å². The summed E-state index contributed by atoms with van der Waals surface area (Å²) in [6.45, 7) is 2.14. The standard InChI is InChI=1S/C15H21NO/c1-3-7-13(8-4-1)11-14-12-17-15-9-5-2-6-10-16(14)15/h1,3-4,7-8,14-15H,2,5-6,9-12H2/t14-,15?/m1/s1. The van der Waals surface area contributed by atoms with Gasteiger partial charge >= 0.3 is 0 Å². The molecule has 0 N–H and O–H groups in total. The van der Waals surface area contributed by atoms with E-state index in [0.717, 1.165) is 13.0 Å². The Bertz CT molecular complexity index is 351. The summed E-state index contributed by atoms with van der Waals surface area (Å²) in [6.07, 6.45) is 6.81. The van der Waals surface area contributed by atoms with Crippen molar-refractivity contribution in [2.45, 2.75) is 44.4 Å². The Morgan fingerprint density at radius 1 is 1.12 bits per heavy atom. The van der Waals surface area contributed by atoms with Crippen molar-refractivity contribution in [3.05, 3.63) is 35.9 Å². The summed E-state index contributed by atoms with van der Waals surface area (Å²) in [5.74, 6) is 0. The maximum atomic E-state index is 5.95. The van der Waals surface area contributed by atoms with E-state index in [2.05, 4.69) is 35.2 Å². The number of hydrogen-bond donors (Lipinski definition) is 0. The van der Waals surface area contributed by atoms with Crippen LogP contribution in [0, 0.1) is 0 Å². The average molecular weight is 231 g/mol. The van der Waals surface area contributed by atoms with Crippen molar-refractivity contribution >= 4 is 0 Å². The van der Waals surface area contributed by atoms with Crippen LogP contribution in [0.1, 0.15) is 31.2 Å². The Balaban J connectivity index is 1.67. The summed E-state index contributed by atoms with van der Waals surface area (Å²) in [6, 6.07) is 11.4. The van der Waals surface area contributed by atoms with Crippen LogP contribution >= 0.6 is 0 Å². The molecule has 2 aliphatic heterocycles. The first kappa shape index (κ1) is 11.2. The molecule has 2 heteroatoms. The van der Waals surface area contributed by atoms with Gasteiger partial charge < -0.3 is 4.74 Å². The summed E-state index contributed by atoms with van der Waals surface area (Å²) >= 11 is 0. The highest BCUT2D eigenvalue weighted by atomic mass is 16.5. The molecule has 0 bridgehead atoms. The molecule has 2 saturated heterocycles. The van der Waals surface area contributed by atoms with Crippen LogP contribution in [0.2, 0.25) is 0 Å². The highest BCUT2D eigenvalue weighted by Gasteiger charge is 2.34. The molecule has 0 saturated carbocycles. The highest BCUT2D eigenvalue weighted by Crippen LogP contribution is 2.27. The number of rotatable bonds is 2. The minimum absolute atomic E-state index is 0.409. The van der Waals surface area contributed by atoms with Gasteiger partial charge in [-0.05, 0) is 31.2 Å². The van der Waals surface area contributed by atoms with Crippen LogP contribution in [0.5, 0.6) is 0 Å². The lowest BCUT2D eigenvalue weighted by Crippen LogP contribution is -2.37. The van der Waals surface area contributed by atoms with E-state index in [-0.39, 0.29) is 0 Å². The summed E-state index contributed by atoms with van der Waals surface area (Å²) in [4.78, 5) is 2.60. The topological polar surface area (TPSA) is 12.5 Å². The van der Waals surface area contributed by atoms with Crippen molar-refractivity contribution in [1.29, 1.82) is 0 Å². The molecule has 2 nitrogen and oxygen atoms in total. The first-order valence-electron chi connectivity index (χ1n) is 6.85. The number of fused-ring (bicyclic) bond motifs is 1. The second-order valence-corrected chi connectivity index (χ2v) is 5.22. The molecular formula is C15H21NO. The normalized spacial score (nSPS) is 29.9. The zero-order valence-electron chi connectivity index (χ0n) is 10.3. The number of nitrogens with zero attached hydrogens (tertiary/aromatic N) is 1. The predicted octanol–water partition coefficient (Wildman–Crippen LogP) is 2.83. The summed E-state index contributed by atoms with van der Waals surface area (Å²) in [5, 5.41) is 0. The van der Waals surface area contributed by atoms with Gasteiger partial charge in [-0.2, -0.15) is 0 Å². The maximum absolute atomic E-state index is 5.95. The Morgan fingerprint density at radius 2 is 2.00 bits per heavy atom. The van der Waals surface area contributed by atoms with Crippen molar-refractivity contribution in [3.8, 4) is 0 Å². The molecule has 0 spiro atoms. The van der Waals surface area contributed by atoms with E-state index in [1.54, 1.807) is 0 Å². The fraction of sp³-hybridized carbons (Fsp3) is 0.600. The smallest absolute Gasteiger partial charge is 0.111 e. The highest BCUT2D eigenvalue weighted by molar-refractivity contribution is 5.16. The van der Waals surface area contributed by atoms with E-state index in [4.69, 9.17) is 4.74 Å². The molecule has 2 atom stereocenters. The van der Waals surface area contributed by atoms with Gasteiger partial charge in [-0.25, -0.2) is 0 Å². The summed E-state index contributed by atoms with van der Waals surface area (Å²) in [5.41, 5.74) is 1.44. The molecule has 0 aliphatic carbocycles. The zero-order chi connectivity index (χ0) is 11.5. The lowest BCUT2D eigenvalue weighted by molar-refractivity contribution is 0.0303. The van der Waals surface area contributed by atoms with Gasteiger partial charge in [0.2, 0.25) is 0 Å². The lowest BCUT2D eigenvalue weighted by atomic mass is 10.1. The van der Waals surface area contributed by atoms with E-state index in [9.17, 15) is 0 Å². The van der Waals surface area contributed by atoms with Crippen molar-refractivity contribution in [2.75, 3.05) is 13.2 Å². The molecule has 3 rings (SSSR count). The maximum Gasteiger partial charge on any atom is 0.111 e. The largest absolute Gasteiger partial charge is 0.361 e. The molecule has 1 unspecified atom stereocenters. The molecule has 92 valence electrons. The molecule has 1 aromatic carbocycles. The van der Waals surface area contributed by atoms with Gasteiger partial charge in [0.1, 0.15) is 6.23 Å². The summed E-state index contributed by atoms with van der Waals surface area (Å²) < 4.78 is 5.95. The molecule has 1 aromatic rings. The predicted molar refractivity (Wildman–Crippen MR) is 68.8 cm³/mol. The Morgan fingerprint density at radius 3 is 2.88 bits per heavy atom. The van der Waals surface area contributed by atoms with Gasteiger partial charge in [0.05, 0.1) is 6.61 Å². The third-order valence-electron chi connectivity index (χ3n) is 4.00. The Hall–Kier alpha value is -0.860.